The second kappa shape index (κ2) is 6.86. The fourth-order valence-corrected chi connectivity index (χ4v) is 1.58. The Bertz CT molecular complexity index is 406. The van der Waals surface area contributed by atoms with Gasteiger partial charge in [0, 0.05) is 12.1 Å². The average Bonchev–Trinajstić information content (AvgIpc) is 2.39. The summed E-state index contributed by atoms with van der Waals surface area (Å²) < 4.78 is 15.5. The normalized spacial score (nSPS) is 11.8. The Morgan fingerprint density at radius 3 is 2.67 bits per heavy atom. The third-order valence-corrected chi connectivity index (χ3v) is 2.48. The highest BCUT2D eigenvalue weighted by Crippen LogP contribution is 2.32. The fourth-order valence-electron chi connectivity index (χ4n) is 1.58. The molecule has 0 bridgehead atoms. The number of carbonyl (C=O) groups is 1. The number of ether oxygens (including phenoxy) is 3. The van der Waals surface area contributed by atoms with Gasteiger partial charge < -0.3 is 19.5 Å². The van der Waals surface area contributed by atoms with E-state index in [2.05, 4.69) is 10.1 Å². The van der Waals surface area contributed by atoms with Crippen molar-refractivity contribution in [1.29, 1.82) is 0 Å². The summed E-state index contributed by atoms with van der Waals surface area (Å²) in [6.45, 7) is 2.27. The van der Waals surface area contributed by atoms with Crippen molar-refractivity contribution < 1.29 is 19.0 Å². The first-order chi connectivity index (χ1) is 8.63. The zero-order valence-corrected chi connectivity index (χ0v) is 11.1. The summed E-state index contributed by atoms with van der Waals surface area (Å²) in [5.41, 5.74) is 0.924. The van der Waals surface area contributed by atoms with Gasteiger partial charge in [-0.3, -0.25) is 0 Å². The van der Waals surface area contributed by atoms with Crippen molar-refractivity contribution in [2.45, 2.75) is 19.6 Å². The molecule has 0 radical (unpaired) electrons. The molecule has 0 aliphatic carbocycles. The van der Waals surface area contributed by atoms with Gasteiger partial charge in [0.05, 0.1) is 14.2 Å². The van der Waals surface area contributed by atoms with Crippen molar-refractivity contribution in [3.8, 4) is 11.5 Å². The lowest BCUT2D eigenvalue weighted by atomic mass is 10.2. The van der Waals surface area contributed by atoms with Crippen molar-refractivity contribution in [3.63, 3.8) is 0 Å². The van der Waals surface area contributed by atoms with E-state index in [0.717, 1.165) is 5.56 Å². The van der Waals surface area contributed by atoms with Crippen LogP contribution in [-0.4, -0.2) is 33.3 Å². The molecule has 1 unspecified atom stereocenters. The van der Waals surface area contributed by atoms with Crippen molar-refractivity contribution in [1.82, 2.24) is 5.32 Å². The van der Waals surface area contributed by atoms with Crippen LogP contribution in [0.2, 0.25) is 0 Å². The quantitative estimate of drug-likeness (QED) is 0.776. The van der Waals surface area contributed by atoms with Crippen LogP contribution < -0.4 is 14.8 Å². The maximum atomic E-state index is 11.4. The van der Waals surface area contributed by atoms with Crippen LogP contribution in [0.5, 0.6) is 11.5 Å². The topological polar surface area (TPSA) is 56.8 Å². The molecular weight excluding hydrogens is 234 g/mol. The maximum Gasteiger partial charge on any atom is 0.346 e. The molecule has 0 amide bonds. The number of esters is 1. The number of rotatable bonds is 6. The Hall–Kier alpha value is -1.75. The molecule has 0 fully saturated rings. The van der Waals surface area contributed by atoms with E-state index < -0.39 is 12.1 Å². The second-order valence-corrected chi connectivity index (χ2v) is 3.76. The Morgan fingerprint density at radius 1 is 1.39 bits per heavy atom. The zero-order valence-electron chi connectivity index (χ0n) is 11.1. The van der Waals surface area contributed by atoms with E-state index in [9.17, 15) is 4.79 Å². The summed E-state index contributed by atoms with van der Waals surface area (Å²) in [7, 11) is 4.74. The van der Waals surface area contributed by atoms with Crippen molar-refractivity contribution in [2.24, 2.45) is 0 Å². The third-order valence-electron chi connectivity index (χ3n) is 2.48. The molecule has 5 nitrogen and oxygen atoms in total. The van der Waals surface area contributed by atoms with Crippen LogP contribution in [0.15, 0.2) is 18.2 Å². The van der Waals surface area contributed by atoms with Crippen LogP contribution in [0.25, 0.3) is 0 Å². The molecule has 0 aromatic heterocycles. The van der Waals surface area contributed by atoms with E-state index in [0.29, 0.717) is 18.0 Å². The molecule has 0 aliphatic rings. The van der Waals surface area contributed by atoms with Crippen LogP contribution in [0.4, 0.5) is 0 Å². The fraction of sp³-hybridized carbons (Fsp3) is 0.462. The summed E-state index contributed by atoms with van der Waals surface area (Å²) in [6, 6.07) is 5.58. The molecule has 0 saturated carbocycles. The van der Waals surface area contributed by atoms with E-state index >= 15 is 0 Å². The van der Waals surface area contributed by atoms with E-state index in [-0.39, 0.29) is 0 Å². The minimum Gasteiger partial charge on any atom is -0.493 e. The Balaban J connectivity index is 3.00. The first-order valence-corrected chi connectivity index (χ1v) is 5.69. The van der Waals surface area contributed by atoms with Gasteiger partial charge in [0.1, 0.15) is 0 Å². The zero-order chi connectivity index (χ0) is 13.5. The molecule has 100 valence electrons. The number of hydrogen-bond acceptors (Lipinski definition) is 5. The monoisotopic (exact) mass is 253 g/mol. The minimum absolute atomic E-state index is 0.420. The maximum absolute atomic E-state index is 11.4. The highest BCUT2D eigenvalue weighted by Gasteiger charge is 2.19. The van der Waals surface area contributed by atoms with Crippen LogP contribution in [-0.2, 0) is 16.1 Å². The number of benzene rings is 1. The van der Waals surface area contributed by atoms with Gasteiger partial charge in [0.25, 0.3) is 0 Å². The summed E-state index contributed by atoms with van der Waals surface area (Å²) in [5.74, 6) is 0.738. The molecule has 0 saturated heterocycles. The number of hydrogen-bond donors (Lipinski definition) is 1. The van der Waals surface area contributed by atoms with Gasteiger partial charge in [-0.15, -0.1) is 0 Å². The minimum atomic E-state index is -0.679. The number of nitrogens with one attached hydrogen (secondary N) is 1. The van der Waals surface area contributed by atoms with Crippen LogP contribution in [0, 0.1) is 0 Å². The number of methoxy groups -OCH3 is 2. The lowest BCUT2D eigenvalue weighted by Gasteiger charge is -2.18. The standard InChI is InChI=1S/C13H19NO4/c1-9(13(15)17-4)18-12-10(8-14-2)6-5-7-11(12)16-3/h5-7,9,14H,8H2,1-4H3. The SMILES string of the molecule is CNCc1cccc(OC)c1OC(C)C(=O)OC. The van der Waals surface area contributed by atoms with Crippen LogP contribution in [0.3, 0.4) is 0 Å². The summed E-state index contributed by atoms with van der Waals surface area (Å²) in [4.78, 5) is 11.4. The average molecular weight is 253 g/mol. The first-order valence-electron chi connectivity index (χ1n) is 5.69. The van der Waals surface area contributed by atoms with Crippen LogP contribution >= 0.6 is 0 Å². The van der Waals surface area contributed by atoms with Gasteiger partial charge in [-0.1, -0.05) is 12.1 Å². The highest BCUT2D eigenvalue weighted by atomic mass is 16.6. The van der Waals surface area contributed by atoms with Gasteiger partial charge in [0.15, 0.2) is 17.6 Å². The predicted molar refractivity (Wildman–Crippen MR) is 67.9 cm³/mol. The smallest absolute Gasteiger partial charge is 0.346 e. The third kappa shape index (κ3) is 3.37. The van der Waals surface area contributed by atoms with Gasteiger partial charge >= 0.3 is 5.97 Å². The molecule has 0 spiro atoms. The molecule has 1 aromatic carbocycles. The first kappa shape index (κ1) is 14.3. The van der Waals surface area contributed by atoms with Crippen molar-refractivity contribution >= 4 is 5.97 Å². The summed E-state index contributed by atoms with van der Waals surface area (Å²) in [5, 5.41) is 3.04. The lowest BCUT2D eigenvalue weighted by molar-refractivity contribution is -0.147. The molecule has 0 heterocycles. The van der Waals surface area contributed by atoms with E-state index in [1.807, 2.05) is 19.2 Å². The van der Waals surface area contributed by atoms with Gasteiger partial charge in [-0.05, 0) is 20.0 Å². The molecule has 5 heteroatoms. The predicted octanol–water partition coefficient (Wildman–Crippen LogP) is 1.35. The summed E-state index contributed by atoms with van der Waals surface area (Å²) >= 11 is 0. The van der Waals surface area contributed by atoms with Crippen molar-refractivity contribution in [2.75, 3.05) is 21.3 Å². The number of carbonyl (C=O) groups excluding carboxylic acids is 1. The molecule has 1 aromatic rings. The Labute approximate surface area is 107 Å². The summed E-state index contributed by atoms with van der Waals surface area (Å²) in [6.07, 6.45) is -0.679. The lowest BCUT2D eigenvalue weighted by Crippen LogP contribution is -2.26. The van der Waals surface area contributed by atoms with Crippen LogP contribution in [0.1, 0.15) is 12.5 Å². The Morgan fingerprint density at radius 2 is 2.11 bits per heavy atom. The van der Waals surface area contributed by atoms with Crippen molar-refractivity contribution in [3.05, 3.63) is 23.8 Å². The van der Waals surface area contributed by atoms with E-state index in [4.69, 9.17) is 9.47 Å². The molecule has 1 rings (SSSR count). The van der Waals surface area contributed by atoms with Gasteiger partial charge in [-0.2, -0.15) is 0 Å². The Kier molecular flexibility index (Phi) is 5.45. The highest BCUT2D eigenvalue weighted by molar-refractivity contribution is 5.74. The molecular formula is C13H19NO4. The molecule has 0 aliphatic heterocycles. The van der Waals surface area contributed by atoms with Gasteiger partial charge in [0.2, 0.25) is 0 Å². The largest absolute Gasteiger partial charge is 0.493 e. The van der Waals surface area contributed by atoms with E-state index in [1.165, 1.54) is 7.11 Å². The second-order valence-electron chi connectivity index (χ2n) is 3.76. The van der Waals surface area contributed by atoms with Gasteiger partial charge in [-0.25, -0.2) is 4.79 Å². The molecule has 1 atom stereocenters. The molecule has 1 N–H and O–H groups in total. The van der Waals surface area contributed by atoms with E-state index in [1.54, 1.807) is 20.1 Å². The molecule has 18 heavy (non-hydrogen) atoms. The number of para-hydroxylation sites is 1.